The van der Waals surface area contributed by atoms with E-state index in [-0.39, 0.29) is 5.91 Å². The van der Waals surface area contributed by atoms with Crippen LogP contribution in [0.1, 0.15) is 35.6 Å². The summed E-state index contributed by atoms with van der Waals surface area (Å²) >= 11 is 6.40. The van der Waals surface area contributed by atoms with Gasteiger partial charge in [0.05, 0.1) is 42.9 Å². The molecular formula is C29H30ClN5O3. The zero-order valence-corrected chi connectivity index (χ0v) is 22.7. The van der Waals surface area contributed by atoms with Gasteiger partial charge in [-0.1, -0.05) is 23.7 Å². The van der Waals surface area contributed by atoms with Crippen molar-refractivity contribution < 1.29 is 14.3 Å². The molecule has 9 heteroatoms. The summed E-state index contributed by atoms with van der Waals surface area (Å²) in [7, 11) is 3.57. The second kappa shape index (κ2) is 9.29. The zero-order chi connectivity index (χ0) is 26.6. The molecule has 4 heterocycles. The number of methoxy groups -OCH3 is 1. The number of amides is 1. The van der Waals surface area contributed by atoms with E-state index < -0.39 is 5.54 Å². The van der Waals surface area contributed by atoms with Crippen LogP contribution >= 0.6 is 11.6 Å². The summed E-state index contributed by atoms with van der Waals surface area (Å²) in [6, 6.07) is 13.8. The van der Waals surface area contributed by atoms with Crippen LogP contribution < -0.4 is 4.74 Å². The maximum Gasteiger partial charge on any atom is 0.274 e. The lowest BCUT2D eigenvalue weighted by molar-refractivity contribution is -0.0373. The molecule has 2 aromatic carbocycles. The van der Waals surface area contributed by atoms with E-state index in [1.54, 1.807) is 11.8 Å². The van der Waals surface area contributed by atoms with Gasteiger partial charge in [-0.2, -0.15) is 5.10 Å². The van der Waals surface area contributed by atoms with Crippen LogP contribution in [0, 0.1) is 0 Å². The summed E-state index contributed by atoms with van der Waals surface area (Å²) in [5, 5.41) is 5.23. The number of hydrogen-bond acceptors (Lipinski definition) is 5. The van der Waals surface area contributed by atoms with Gasteiger partial charge in [0.15, 0.2) is 5.69 Å². The van der Waals surface area contributed by atoms with Crippen LogP contribution in [0.3, 0.4) is 0 Å². The van der Waals surface area contributed by atoms with Gasteiger partial charge in [0, 0.05) is 35.9 Å². The molecule has 0 N–H and O–H groups in total. The lowest BCUT2D eigenvalue weighted by Crippen LogP contribution is -2.55. The number of nitrogens with zero attached hydrogens (tertiary/aromatic N) is 5. The Morgan fingerprint density at radius 3 is 2.71 bits per heavy atom. The minimum Gasteiger partial charge on any atom is -0.496 e. The van der Waals surface area contributed by atoms with E-state index in [4.69, 9.17) is 26.1 Å². The molecule has 2 aliphatic rings. The van der Waals surface area contributed by atoms with Crippen molar-refractivity contribution in [2.75, 3.05) is 26.9 Å². The average Bonchev–Trinajstić information content (AvgIpc) is 3.51. The number of hydrogen-bond donors (Lipinski definition) is 0. The van der Waals surface area contributed by atoms with Gasteiger partial charge in [-0.05, 0) is 62.6 Å². The van der Waals surface area contributed by atoms with Gasteiger partial charge in [-0.15, -0.1) is 0 Å². The highest BCUT2D eigenvalue weighted by molar-refractivity contribution is 6.30. The second-order valence-corrected chi connectivity index (χ2v) is 10.9. The largest absolute Gasteiger partial charge is 0.496 e. The van der Waals surface area contributed by atoms with Crippen LogP contribution in [-0.2, 0) is 24.6 Å². The fraction of sp³-hybridized carbons (Fsp3) is 0.345. The minimum absolute atomic E-state index is 0.0720. The van der Waals surface area contributed by atoms with Crippen molar-refractivity contribution in [3.05, 3.63) is 70.6 Å². The molecule has 6 rings (SSSR count). The number of halogens is 1. The molecule has 2 aromatic heterocycles. The molecule has 196 valence electrons. The van der Waals surface area contributed by atoms with Crippen molar-refractivity contribution in [3.8, 4) is 34.1 Å². The molecule has 0 saturated carbocycles. The molecule has 0 spiro atoms. The number of aromatic nitrogens is 4. The summed E-state index contributed by atoms with van der Waals surface area (Å²) in [5.41, 5.74) is 5.60. The number of imidazole rings is 1. The Morgan fingerprint density at radius 2 is 2.00 bits per heavy atom. The van der Waals surface area contributed by atoms with Crippen LogP contribution in [-0.4, -0.2) is 62.5 Å². The number of benzene rings is 2. The lowest BCUT2D eigenvalue weighted by atomic mass is 9.96. The molecule has 1 fully saturated rings. The number of ether oxygens (including phenoxy) is 2. The second-order valence-electron chi connectivity index (χ2n) is 10.5. The zero-order valence-electron chi connectivity index (χ0n) is 22.0. The molecule has 0 aliphatic carbocycles. The number of carbonyl (C=O) groups is 1. The van der Waals surface area contributed by atoms with Crippen LogP contribution in [0.2, 0.25) is 5.02 Å². The molecule has 4 aromatic rings. The average molecular weight is 532 g/mol. The summed E-state index contributed by atoms with van der Waals surface area (Å²) in [6.07, 6.45) is 3.36. The molecule has 0 bridgehead atoms. The highest BCUT2D eigenvalue weighted by Gasteiger charge is 2.38. The number of morpholine rings is 1. The van der Waals surface area contributed by atoms with Crippen molar-refractivity contribution in [1.82, 2.24) is 24.2 Å². The van der Waals surface area contributed by atoms with Crippen molar-refractivity contribution in [2.24, 2.45) is 7.05 Å². The normalized spacial score (nSPS) is 16.2. The maximum atomic E-state index is 14.0. The Bertz CT molecular complexity index is 1550. The summed E-state index contributed by atoms with van der Waals surface area (Å²) in [6.45, 7) is 5.60. The third-order valence-corrected chi connectivity index (χ3v) is 7.65. The Labute approximate surface area is 226 Å². The van der Waals surface area contributed by atoms with E-state index in [2.05, 4.69) is 21.8 Å². The topological polar surface area (TPSA) is 74.4 Å². The van der Waals surface area contributed by atoms with Gasteiger partial charge in [-0.25, -0.2) is 4.98 Å². The predicted octanol–water partition coefficient (Wildman–Crippen LogP) is 4.95. The van der Waals surface area contributed by atoms with E-state index in [9.17, 15) is 4.79 Å². The van der Waals surface area contributed by atoms with Gasteiger partial charge < -0.3 is 14.4 Å². The highest BCUT2D eigenvalue weighted by atomic mass is 35.5. The fourth-order valence-corrected chi connectivity index (χ4v) is 5.69. The first-order valence-electron chi connectivity index (χ1n) is 12.8. The van der Waals surface area contributed by atoms with Crippen molar-refractivity contribution in [2.45, 2.75) is 32.2 Å². The van der Waals surface area contributed by atoms with E-state index in [1.165, 1.54) is 0 Å². The van der Waals surface area contributed by atoms with Gasteiger partial charge in [0.1, 0.15) is 11.6 Å². The maximum absolute atomic E-state index is 14.0. The molecule has 2 aliphatic heterocycles. The number of aryl methyl sites for hydroxylation is 2. The standard InChI is InChI=1S/C29H30ClN5O3/c1-29(2)17-38-13-12-34(29)28(36)26-23-9-8-18-15-25(37-4)21(22-10-11-33(3)32-22)16-24(18)35(23)27(31-26)19-6-5-7-20(30)14-19/h5-7,10-11,14-16H,8-9,12-13,17H2,1-4H3. The molecule has 1 saturated heterocycles. The number of carbonyl (C=O) groups excluding carboxylic acids is 1. The fourth-order valence-electron chi connectivity index (χ4n) is 5.50. The Morgan fingerprint density at radius 1 is 1.16 bits per heavy atom. The van der Waals surface area contributed by atoms with Crippen molar-refractivity contribution >= 4 is 17.5 Å². The van der Waals surface area contributed by atoms with E-state index in [1.807, 2.05) is 62.3 Å². The molecule has 8 nitrogen and oxygen atoms in total. The first kappa shape index (κ1) is 24.7. The van der Waals surface area contributed by atoms with Gasteiger partial charge in [-0.3, -0.25) is 14.0 Å². The first-order valence-corrected chi connectivity index (χ1v) is 13.1. The predicted molar refractivity (Wildman–Crippen MR) is 146 cm³/mol. The number of fused-ring (bicyclic) bond motifs is 3. The molecule has 0 atom stereocenters. The van der Waals surface area contributed by atoms with Crippen molar-refractivity contribution in [1.29, 1.82) is 0 Å². The van der Waals surface area contributed by atoms with Crippen LogP contribution in [0.4, 0.5) is 0 Å². The lowest BCUT2D eigenvalue weighted by Gasteiger charge is -2.41. The minimum atomic E-state index is -0.422. The first-order chi connectivity index (χ1) is 18.3. The molecule has 0 unspecified atom stereocenters. The van der Waals surface area contributed by atoms with Gasteiger partial charge in [0.2, 0.25) is 0 Å². The SMILES string of the molecule is COc1cc2c(cc1-c1ccn(C)n1)-n1c(-c3cccc(Cl)c3)nc(C(=O)N3CCOCC3(C)C)c1CC2. The quantitative estimate of drug-likeness (QED) is 0.372. The van der Waals surface area contributed by atoms with E-state index >= 15 is 0 Å². The van der Waals surface area contributed by atoms with E-state index in [0.29, 0.717) is 42.7 Å². The van der Waals surface area contributed by atoms with Gasteiger partial charge >= 0.3 is 0 Å². The Balaban J connectivity index is 1.58. The molecule has 1 amide bonds. The van der Waals surface area contributed by atoms with Crippen LogP contribution in [0.25, 0.3) is 28.3 Å². The highest BCUT2D eigenvalue weighted by Crippen LogP contribution is 2.40. The van der Waals surface area contributed by atoms with E-state index in [0.717, 1.165) is 45.9 Å². The number of rotatable bonds is 4. The molecule has 0 radical (unpaired) electrons. The third kappa shape index (κ3) is 4.08. The summed E-state index contributed by atoms with van der Waals surface area (Å²) < 4.78 is 15.3. The van der Waals surface area contributed by atoms with Gasteiger partial charge in [0.25, 0.3) is 5.91 Å². The van der Waals surface area contributed by atoms with Crippen LogP contribution in [0.5, 0.6) is 5.75 Å². The van der Waals surface area contributed by atoms with Crippen LogP contribution in [0.15, 0.2) is 48.7 Å². The molecular weight excluding hydrogens is 502 g/mol. The summed E-state index contributed by atoms with van der Waals surface area (Å²) in [4.78, 5) is 20.9. The Kier molecular flexibility index (Phi) is 6.04. The Hall–Kier alpha value is -3.62. The summed E-state index contributed by atoms with van der Waals surface area (Å²) in [5.74, 6) is 1.38. The third-order valence-electron chi connectivity index (χ3n) is 7.41. The molecule has 38 heavy (non-hydrogen) atoms. The monoisotopic (exact) mass is 531 g/mol. The van der Waals surface area contributed by atoms with Crippen molar-refractivity contribution in [3.63, 3.8) is 0 Å². The smallest absolute Gasteiger partial charge is 0.274 e.